The van der Waals surface area contributed by atoms with Crippen LogP contribution in [0.15, 0.2) is 30.3 Å². The normalized spacial score (nSPS) is 19.8. The lowest BCUT2D eigenvalue weighted by molar-refractivity contribution is -0.164. The summed E-state index contributed by atoms with van der Waals surface area (Å²) in [5, 5.41) is 10.8. The van der Waals surface area contributed by atoms with Crippen LogP contribution in [-0.2, 0) is 25.7 Å². The van der Waals surface area contributed by atoms with Crippen molar-refractivity contribution in [1.82, 2.24) is 19.7 Å². The number of nitrogens with zero attached hydrogens (tertiary/aromatic N) is 4. The predicted octanol–water partition coefficient (Wildman–Crippen LogP) is 7.01. The summed E-state index contributed by atoms with van der Waals surface area (Å²) in [4.78, 5) is 15.0. The molecular formula is C35H50N4O6Si. The Hall–Kier alpha value is -2.99. The van der Waals surface area contributed by atoms with E-state index in [9.17, 15) is 4.79 Å². The SMILES string of the molecule is COCOc1ccccc1-c1cc2c(C3CC4(COC4)C3)c([C@@H]3CCN(C(=O)OC(C)(C)C)C3)n(COCC[Si](C)(C)C)c2nn1. The number of rotatable bonds is 11. The van der Waals surface area contributed by atoms with Gasteiger partial charge < -0.3 is 33.2 Å². The van der Waals surface area contributed by atoms with Crippen molar-refractivity contribution in [3.63, 3.8) is 0 Å². The number of hydrogen-bond donors (Lipinski definition) is 0. The van der Waals surface area contributed by atoms with Crippen molar-refractivity contribution in [3.8, 4) is 17.0 Å². The zero-order chi connectivity index (χ0) is 32.7. The molecule has 0 N–H and O–H groups in total. The molecule has 1 aromatic carbocycles. The Labute approximate surface area is 273 Å². The number of carbonyl (C=O) groups is 1. The zero-order valence-corrected chi connectivity index (χ0v) is 29.6. The van der Waals surface area contributed by atoms with Crippen molar-refractivity contribution in [1.29, 1.82) is 0 Å². The fourth-order valence-electron chi connectivity index (χ4n) is 7.06. The summed E-state index contributed by atoms with van der Waals surface area (Å²) in [6.45, 7) is 17.0. The largest absolute Gasteiger partial charge is 0.467 e. The van der Waals surface area contributed by atoms with Crippen molar-refractivity contribution in [2.24, 2.45) is 5.41 Å². The fraction of sp³-hybridized carbons (Fsp3) is 0.629. The number of hydrogen-bond acceptors (Lipinski definition) is 8. The molecule has 250 valence electrons. The molecule has 46 heavy (non-hydrogen) atoms. The van der Waals surface area contributed by atoms with Gasteiger partial charge in [-0.1, -0.05) is 31.8 Å². The smallest absolute Gasteiger partial charge is 0.410 e. The molecule has 0 radical (unpaired) electrons. The first-order valence-corrected chi connectivity index (χ1v) is 20.3. The minimum Gasteiger partial charge on any atom is -0.467 e. The summed E-state index contributed by atoms with van der Waals surface area (Å²) >= 11 is 0. The van der Waals surface area contributed by atoms with E-state index in [1.807, 2.05) is 49.9 Å². The van der Waals surface area contributed by atoms with Crippen LogP contribution in [0.5, 0.6) is 5.75 Å². The lowest BCUT2D eigenvalue weighted by atomic mass is 9.58. The maximum atomic E-state index is 13.1. The Morgan fingerprint density at radius 2 is 1.87 bits per heavy atom. The highest BCUT2D eigenvalue weighted by Crippen LogP contribution is 2.58. The van der Waals surface area contributed by atoms with Crippen LogP contribution >= 0.6 is 0 Å². The average molecular weight is 651 g/mol. The Bertz CT molecular complexity index is 1550. The summed E-state index contributed by atoms with van der Waals surface area (Å²) in [5.74, 6) is 1.21. The summed E-state index contributed by atoms with van der Waals surface area (Å²) in [5.41, 5.74) is 4.75. The molecule has 3 fully saturated rings. The molecular weight excluding hydrogens is 600 g/mol. The van der Waals surface area contributed by atoms with Crippen LogP contribution in [-0.4, -0.2) is 86.2 Å². The van der Waals surface area contributed by atoms with Gasteiger partial charge in [-0.05, 0) is 75.8 Å². The van der Waals surface area contributed by atoms with E-state index in [4.69, 9.17) is 33.9 Å². The summed E-state index contributed by atoms with van der Waals surface area (Å²) < 4.78 is 31.2. The predicted molar refractivity (Wildman–Crippen MR) is 180 cm³/mol. The number of ether oxygens (including phenoxy) is 5. The molecule has 2 saturated heterocycles. The van der Waals surface area contributed by atoms with Gasteiger partial charge in [0.1, 0.15) is 18.1 Å². The topological polar surface area (TPSA) is 97.2 Å². The van der Waals surface area contributed by atoms with Crippen LogP contribution in [0.25, 0.3) is 22.3 Å². The van der Waals surface area contributed by atoms with Crippen LogP contribution in [0.2, 0.25) is 25.7 Å². The second kappa shape index (κ2) is 12.9. The molecule has 1 atom stereocenters. The van der Waals surface area contributed by atoms with Gasteiger partial charge in [-0.25, -0.2) is 4.79 Å². The van der Waals surface area contributed by atoms with Gasteiger partial charge in [0.05, 0.1) is 18.9 Å². The van der Waals surface area contributed by atoms with Crippen LogP contribution < -0.4 is 4.74 Å². The van der Waals surface area contributed by atoms with Gasteiger partial charge in [0.15, 0.2) is 12.4 Å². The van der Waals surface area contributed by atoms with Crippen molar-refractivity contribution < 1.29 is 28.5 Å². The zero-order valence-electron chi connectivity index (χ0n) is 28.6. The number of fused-ring (bicyclic) bond motifs is 1. The van der Waals surface area contributed by atoms with Gasteiger partial charge >= 0.3 is 6.09 Å². The standard InChI is InChI=1S/C35H50N4O6Si/c1-34(2,3)45-33(40)38-13-12-24(19-38)31-30(25-17-35(18-25)20-43-21-35)27-16-28(26-10-8-9-11-29(26)44-23-41-4)36-37-32(27)39(31)22-42-14-15-46(5,6)7/h8-11,16,24-25H,12-15,17-23H2,1-7H3/t24-/m1/s1. The van der Waals surface area contributed by atoms with E-state index in [2.05, 4.69) is 30.3 Å². The molecule has 6 rings (SSSR count). The lowest BCUT2D eigenvalue weighted by Gasteiger charge is -2.53. The second-order valence-electron chi connectivity index (χ2n) is 15.6. The van der Waals surface area contributed by atoms with Crippen molar-refractivity contribution in [3.05, 3.63) is 41.6 Å². The fourth-order valence-corrected chi connectivity index (χ4v) is 7.82. The summed E-state index contributed by atoms with van der Waals surface area (Å²) in [6, 6.07) is 11.1. The third kappa shape index (κ3) is 6.97. The Morgan fingerprint density at radius 1 is 1.11 bits per heavy atom. The number of methoxy groups -OCH3 is 1. The minimum absolute atomic E-state index is 0.132. The first-order chi connectivity index (χ1) is 21.9. The molecule has 1 saturated carbocycles. The molecule has 3 aliphatic rings. The summed E-state index contributed by atoms with van der Waals surface area (Å²) in [7, 11) is 0.347. The van der Waals surface area contributed by atoms with Crippen molar-refractivity contribution in [2.75, 3.05) is 46.8 Å². The maximum absolute atomic E-state index is 13.1. The Morgan fingerprint density at radius 3 is 2.54 bits per heavy atom. The molecule has 0 unspecified atom stereocenters. The molecule has 11 heteroatoms. The molecule has 1 amide bonds. The van der Waals surface area contributed by atoms with Gasteiger partial charge in [-0.2, -0.15) is 0 Å². The highest BCUT2D eigenvalue weighted by atomic mass is 28.3. The maximum Gasteiger partial charge on any atom is 0.410 e. The van der Waals surface area contributed by atoms with Crippen LogP contribution in [0.3, 0.4) is 0 Å². The lowest BCUT2D eigenvalue weighted by Crippen LogP contribution is -2.51. The van der Waals surface area contributed by atoms with Crippen LogP contribution in [0, 0.1) is 5.41 Å². The molecule has 4 heterocycles. The quantitative estimate of drug-likeness (QED) is 0.124. The number of aromatic nitrogens is 3. The molecule has 2 aliphatic heterocycles. The molecule has 1 aliphatic carbocycles. The second-order valence-corrected chi connectivity index (χ2v) is 21.2. The molecule has 2 aromatic heterocycles. The minimum atomic E-state index is -1.27. The van der Waals surface area contributed by atoms with E-state index in [0.29, 0.717) is 38.1 Å². The van der Waals surface area contributed by atoms with Gasteiger partial charge in [0, 0.05) is 62.9 Å². The van der Waals surface area contributed by atoms with Crippen molar-refractivity contribution >= 4 is 25.2 Å². The van der Waals surface area contributed by atoms with Gasteiger partial charge in [-0.15, -0.1) is 10.2 Å². The number of para-hydroxylation sites is 1. The van der Waals surface area contributed by atoms with Crippen molar-refractivity contribution in [2.45, 2.75) is 89.9 Å². The monoisotopic (exact) mass is 650 g/mol. The summed E-state index contributed by atoms with van der Waals surface area (Å²) in [6.07, 6.45) is 2.77. The first kappa shape index (κ1) is 32.9. The van der Waals surface area contributed by atoms with E-state index >= 15 is 0 Å². The van der Waals surface area contributed by atoms with E-state index in [1.54, 1.807) is 7.11 Å². The third-order valence-electron chi connectivity index (χ3n) is 9.41. The highest BCUT2D eigenvalue weighted by Gasteiger charge is 2.52. The molecule has 1 spiro atoms. The molecule has 3 aromatic rings. The number of amides is 1. The third-order valence-corrected chi connectivity index (χ3v) is 11.1. The van der Waals surface area contributed by atoms with Gasteiger partial charge in [0.2, 0.25) is 0 Å². The van der Waals surface area contributed by atoms with Gasteiger partial charge in [-0.3, -0.25) is 0 Å². The molecule has 0 bridgehead atoms. The average Bonchev–Trinajstić information content (AvgIpc) is 3.55. The van der Waals surface area contributed by atoms with Crippen LogP contribution in [0.1, 0.15) is 63.1 Å². The Balaban J connectivity index is 1.43. The van der Waals surface area contributed by atoms with E-state index in [-0.39, 0.29) is 24.2 Å². The first-order valence-electron chi connectivity index (χ1n) is 16.6. The van der Waals surface area contributed by atoms with E-state index in [1.165, 1.54) is 11.3 Å². The number of likely N-dealkylation sites (tertiary alicyclic amines) is 1. The van der Waals surface area contributed by atoms with E-state index < -0.39 is 13.7 Å². The highest BCUT2D eigenvalue weighted by molar-refractivity contribution is 6.76. The van der Waals surface area contributed by atoms with Gasteiger partial charge in [0.25, 0.3) is 0 Å². The van der Waals surface area contributed by atoms with Crippen LogP contribution in [0.4, 0.5) is 4.79 Å². The molecule has 10 nitrogen and oxygen atoms in total. The Kier molecular flexibility index (Phi) is 9.23. The number of benzene rings is 1. The number of carbonyl (C=O) groups excluding carboxylic acids is 1. The van der Waals surface area contributed by atoms with E-state index in [0.717, 1.165) is 60.8 Å².